The molecule has 5 nitrogen and oxygen atoms in total. The van der Waals surface area contributed by atoms with E-state index in [1.807, 2.05) is 44.2 Å². The molecular formula is C18H21NO4. The van der Waals surface area contributed by atoms with Gasteiger partial charge < -0.3 is 14.2 Å². The van der Waals surface area contributed by atoms with Crippen LogP contribution < -0.4 is 4.74 Å². The average Bonchev–Trinajstić information content (AvgIpc) is 2.55. The van der Waals surface area contributed by atoms with Gasteiger partial charge in [-0.2, -0.15) is 0 Å². The molecule has 1 aromatic carbocycles. The van der Waals surface area contributed by atoms with Gasteiger partial charge in [-0.15, -0.1) is 0 Å². The summed E-state index contributed by atoms with van der Waals surface area (Å²) >= 11 is 0. The maximum Gasteiger partial charge on any atom is 0.357 e. The zero-order chi connectivity index (χ0) is 16.7. The average molecular weight is 315 g/mol. The predicted molar refractivity (Wildman–Crippen MR) is 87.6 cm³/mol. The van der Waals surface area contributed by atoms with Crippen LogP contribution in [0.4, 0.5) is 0 Å². The van der Waals surface area contributed by atoms with Gasteiger partial charge in [-0.25, -0.2) is 9.78 Å². The van der Waals surface area contributed by atoms with Crippen molar-refractivity contribution in [2.75, 3.05) is 20.3 Å². The van der Waals surface area contributed by atoms with Crippen molar-refractivity contribution < 1.29 is 19.0 Å². The number of nitrogens with zero attached hydrogens (tertiary/aromatic N) is 1. The molecule has 0 N–H and O–H groups in total. The van der Waals surface area contributed by atoms with Gasteiger partial charge in [-0.1, -0.05) is 6.07 Å². The number of pyridine rings is 1. The zero-order valence-electron chi connectivity index (χ0n) is 13.6. The molecular weight excluding hydrogens is 294 g/mol. The Hall–Kier alpha value is -2.40. The summed E-state index contributed by atoms with van der Waals surface area (Å²) < 4.78 is 15.6. The molecule has 0 radical (unpaired) electrons. The van der Waals surface area contributed by atoms with Gasteiger partial charge >= 0.3 is 5.97 Å². The van der Waals surface area contributed by atoms with Gasteiger partial charge in [0.2, 0.25) is 0 Å². The fourth-order valence-corrected chi connectivity index (χ4v) is 1.95. The van der Waals surface area contributed by atoms with Gasteiger partial charge in [0.1, 0.15) is 18.1 Å². The van der Waals surface area contributed by atoms with Crippen molar-refractivity contribution >= 4 is 5.97 Å². The molecule has 0 aliphatic heterocycles. The summed E-state index contributed by atoms with van der Waals surface area (Å²) in [6.07, 6.45) is -0.170. The van der Waals surface area contributed by atoms with E-state index in [0.29, 0.717) is 24.6 Å². The highest BCUT2D eigenvalue weighted by atomic mass is 16.5. The zero-order valence-corrected chi connectivity index (χ0v) is 13.6. The largest absolute Gasteiger partial charge is 0.491 e. The SMILES string of the molecule is COCCOc1ccc(-c2cccc(C(=O)OC(C)C)n2)cc1. The Bertz CT molecular complexity index is 638. The Morgan fingerprint density at radius 1 is 1.09 bits per heavy atom. The first-order valence-corrected chi connectivity index (χ1v) is 7.50. The number of ether oxygens (including phenoxy) is 3. The lowest BCUT2D eigenvalue weighted by Gasteiger charge is -2.09. The molecule has 0 fully saturated rings. The van der Waals surface area contributed by atoms with Gasteiger partial charge in [-0.05, 0) is 50.2 Å². The van der Waals surface area contributed by atoms with E-state index >= 15 is 0 Å². The normalized spacial score (nSPS) is 10.6. The third-order valence-electron chi connectivity index (χ3n) is 3.01. The third kappa shape index (κ3) is 5.07. The second-order valence-corrected chi connectivity index (χ2v) is 5.23. The Kier molecular flexibility index (Phi) is 6.11. The van der Waals surface area contributed by atoms with Crippen molar-refractivity contribution in [2.24, 2.45) is 0 Å². The number of esters is 1. The number of hydrogen-bond donors (Lipinski definition) is 0. The Morgan fingerprint density at radius 3 is 2.48 bits per heavy atom. The lowest BCUT2D eigenvalue weighted by molar-refractivity contribution is 0.0371. The van der Waals surface area contributed by atoms with Crippen LogP contribution in [0.15, 0.2) is 42.5 Å². The second kappa shape index (κ2) is 8.29. The molecule has 1 heterocycles. The molecule has 0 spiro atoms. The van der Waals surface area contributed by atoms with Crippen LogP contribution in [0, 0.1) is 0 Å². The van der Waals surface area contributed by atoms with Crippen LogP contribution in [0.1, 0.15) is 24.3 Å². The van der Waals surface area contributed by atoms with E-state index in [4.69, 9.17) is 14.2 Å². The molecule has 0 aliphatic rings. The minimum Gasteiger partial charge on any atom is -0.491 e. The van der Waals surface area contributed by atoms with Gasteiger partial charge in [0.25, 0.3) is 0 Å². The minimum absolute atomic E-state index is 0.170. The van der Waals surface area contributed by atoms with Crippen LogP contribution >= 0.6 is 0 Å². The summed E-state index contributed by atoms with van der Waals surface area (Å²) in [5, 5.41) is 0. The van der Waals surface area contributed by atoms with Gasteiger partial charge in [-0.3, -0.25) is 0 Å². The van der Waals surface area contributed by atoms with Crippen molar-refractivity contribution in [1.29, 1.82) is 0 Å². The number of carbonyl (C=O) groups excluding carboxylic acids is 1. The Balaban J connectivity index is 2.11. The Morgan fingerprint density at radius 2 is 1.83 bits per heavy atom. The van der Waals surface area contributed by atoms with Gasteiger partial charge in [0.15, 0.2) is 0 Å². The molecule has 0 unspecified atom stereocenters. The molecule has 0 amide bonds. The molecule has 0 aliphatic carbocycles. The summed E-state index contributed by atoms with van der Waals surface area (Å²) in [5.41, 5.74) is 1.92. The van der Waals surface area contributed by atoms with Crippen LogP contribution in [0.2, 0.25) is 0 Å². The fourth-order valence-electron chi connectivity index (χ4n) is 1.95. The van der Waals surface area contributed by atoms with E-state index in [0.717, 1.165) is 11.3 Å². The first-order valence-electron chi connectivity index (χ1n) is 7.50. The Labute approximate surface area is 136 Å². The maximum atomic E-state index is 11.9. The van der Waals surface area contributed by atoms with Crippen molar-refractivity contribution in [3.8, 4) is 17.0 Å². The number of aromatic nitrogens is 1. The minimum atomic E-state index is -0.415. The predicted octanol–water partition coefficient (Wildman–Crippen LogP) is 3.34. The van der Waals surface area contributed by atoms with Crippen molar-refractivity contribution in [3.05, 3.63) is 48.2 Å². The molecule has 2 rings (SSSR count). The highest BCUT2D eigenvalue weighted by molar-refractivity contribution is 5.88. The number of carbonyl (C=O) groups is 1. The van der Waals surface area contributed by atoms with E-state index < -0.39 is 5.97 Å². The lowest BCUT2D eigenvalue weighted by atomic mass is 10.1. The van der Waals surface area contributed by atoms with E-state index in [1.54, 1.807) is 19.2 Å². The van der Waals surface area contributed by atoms with E-state index in [-0.39, 0.29) is 6.10 Å². The molecule has 5 heteroatoms. The van der Waals surface area contributed by atoms with E-state index in [1.165, 1.54) is 0 Å². The monoisotopic (exact) mass is 315 g/mol. The highest BCUT2D eigenvalue weighted by Crippen LogP contribution is 2.21. The maximum absolute atomic E-state index is 11.9. The van der Waals surface area contributed by atoms with Crippen LogP contribution in [0.5, 0.6) is 5.75 Å². The summed E-state index contributed by atoms with van der Waals surface area (Å²) in [5.74, 6) is 0.350. The van der Waals surface area contributed by atoms with Crippen molar-refractivity contribution in [1.82, 2.24) is 4.98 Å². The molecule has 0 saturated carbocycles. The first-order chi connectivity index (χ1) is 11.1. The first kappa shape index (κ1) is 17.0. The van der Waals surface area contributed by atoms with Gasteiger partial charge in [0, 0.05) is 12.7 Å². The quantitative estimate of drug-likeness (QED) is 0.579. The fraction of sp³-hybridized carbons (Fsp3) is 0.333. The molecule has 1 aromatic heterocycles. The topological polar surface area (TPSA) is 57.7 Å². The van der Waals surface area contributed by atoms with Crippen LogP contribution in [-0.2, 0) is 9.47 Å². The number of hydrogen-bond acceptors (Lipinski definition) is 5. The molecule has 2 aromatic rings. The number of benzene rings is 1. The van der Waals surface area contributed by atoms with Crippen LogP contribution in [0.25, 0.3) is 11.3 Å². The second-order valence-electron chi connectivity index (χ2n) is 5.23. The van der Waals surface area contributed by atoms with Gasteiger partial charge in [0.05, 0.1) is 18.4 Å². The van der Waals surface area contributed by atoms with Crippen molar-refractivity contribution in [3.63, 3.8) is 0 Å². The molecule has 23 heavy (non-hydrogen) atoms. The third-order valence-corrected chi connectivity index (χ3v) is 3.01. The summed E-state index contributed by atoms with van der Waals surface area (Å²) in [6, 6.07) is 12.8. The molecule has 122 valence electrons. The lowest BCUT2D eigenvalue weighted by Crippen LogP contribution is -2.13. The van der Waals surface area contributed by atoms with E-state index in [2.05, 4.69) is 4.98 Å². The number of rotatable bonds is 7. The van der Waals surface area contributed by atoms with Crippen LogP contribution in [-0.4, -0.2) is 37.4 Å². The van der Waals surface area contributed by atoms with Crippen molar-refractivity contribution in [2.45, 2.75) is 20.0 Å². The molecule has 0 bridgehead atoms. The number of methoxy groups -OCH3 is 1. The summed E-state index contributed by atoms with van der Waals surface area (Å²) in [7, 11) is 1.63. The standard InChI is InChI=1S/C18H21NO4/c1-13(2)23-18(20)17-6-4-5-16(19-17)14-7-9-15(10-8-14)22-12-11-21-3/h4-10,13H,11-12H2,1-3H3. The van der Waals surface area contributed by atoms with Crippen LogP contribution in [0.3, 0.4) is 0 Å². The molecule has 0 atom stereocenters. The molecule has 0 saturated heterocycles. The van der Waals surface area contributed by atoms with E-state index in [9.17, 15) is 4.79 Å². The summed E-state index contributed by atoms with van der Waals surface area (Å²) in [6.45, 7) is 4.67. The summed E-state index contributed by atoms with van der Waals surface area (Å²) in [4.78, 5) is 16.3. The highest BCUT2D eigenvalue weighted by Gasteiger charge is 2.12. The smallest absolute Gasteiger partial charge is 0.357 e.